The number of halogens is 2. The number of hydrogen-bond donors (Lipinski definition) is 0. The van der Waals surface area contributed by atoms with Gasteiger partial charge in [-0.25, -0.2) is 0 Å². The first-order valence-corrected chi connectivity index (χ1v) is 6.42. The molecule has 0 aliphatic heterocycles. The maximum Gasteiger partial charge on any atom is 0.328 e. The van der Waals surface area contributed by atoms with Crippen LogP contribution in [0.25, 0.3) is 0 Å². The largest absolute Gasteiger partial charge is 0.459 e. The fourth-order valence-corrected chi connectivity index (χ4v) is 1.29. The summed E-state index contributed by atoms with van der Waals surface area (Å²) in [5.74, 6) is -0.373. The van der Waals surface area contributed by atoms with Gasteiger partial charge >= 0.3 is 5.97 Å². The molecular weight excluding hydrogens is 326 g/mol. The van der Waals surface area contributed by atoms with Crippen LogP contribution in [0, 0.1) is 0 Å². The lowest BCUT2D eigenvalue weighted by Crippen LogP contribution is -2.32. The van der Waals surface area contributed by atoms with Crippen molar-refractivity contribution in [2.24, 2.45) is 0 Å². The van der Waals surface area contributed by atoms with E-state index in [1.807, 2.05) is 30.3 Å². The van der Waals surface area contributed by atoms with Crippen LogP contribution in [0.2, 0.25) is 0 Å². The van der Waals surface area contributed by atoms with E-state index in [0.29, 0.717) is 4.43 Å². The van der Waals surface area contributed by atoms with Crippen LogP contribution >= 0.6 is 34.2 Å². The van der Waals surface area contributed by atoms with Gasteiger partial charge in [0.2, 0.25) is 0 Å². The number of ether oxygens (including phenoxy) is 1. The van der Waals surface area contributed by atoms with Gasteiger partial charge in [0.25, 0.3) is 0 Å². The topological polar surface area (TPSA) is 26.3 Å². The predicted molar refractivity (Wildman–Crippen MR) is 69.4 cm³/mol. The zero-order chi connectivity index (χ0) is 11.3. The maximum atomic E-state index is 11.5. The van der Waals surface area contributed by atoms with Crippen LogP contribution in [0.3, 0.4) is 0 Å². The molecule has 4 heteroatoms. The molecule has 0 spiro atoms. The molecule has 1 unspecified atom stereocenters. The minimum Gasteiger partial charge on any atom is -0.459 e. The third-order valence-corrected chi connectivity index (χ3v) is 4.15. The minimum atomic E-state index is -0.921. The highest BCUT2D eigenvalue weighted by Gasteiger charge is 2.30. The summed E-state index contributed by atoms with van der Waals surface area (Å²) in [6.07, 6.45) is 0. The van der Waals surface area contributed by atoms with Crippen LogP contribution < -0.4 is 0 Å². The van der Waals surface area contributed by atoms with E-state index < -0.39 is 4.87 Å². The fraction of sp³-hybridized carbons (Fsp3) is 0.364. The molecule has 0 saturated heterocycles. The van der Waals surface area contributed by atoms with Crippen molar-refractivity contribution in [3.63, 3.8) is 0 Å². The van der Waals surface area contributed by atoms with Gasteiger partial charge in [0.05, 0.1) is 0 Å². The predicted octanol–water partition coefficient (Wildman–Crippen LogP) is 3.16. The first kappa shape index (κ1) is 12.8. The molecule has 0 amide bonds. The Labute approximate surface area is 108 Å². The number of benzene rings is 1. The third kappa shape index (κ3) is 3.99. The molecule has 0 bridgehead atoms. The number of carbonyl (C=O) groups is 1. The molecule has 1 aromatic carbocycles. The van der Waals surface area contributed by atoms with Gasteiger partial charge in [-0.2, -0.15) is 0 Å². The molecule has 0 aliphatic carbocycles. The van der Waals surface area contributed by atoms with Gasteiger partial charge in [-0.3, -0.25) is 4.79 Å². The quantitative estimate of drug-likeness (QED) is 0.479. The van der Waals surface area contributed by atoms with Gasteiger partial charge in [-0.15, -0.1) is 11.6 Å². The Morgan fingerprint density at radius 3 is 2.60 bits per heavy atom. The lowest BCUT2D eigenvalue weighted by atomic mass is 10.2. The molecule has 15 heavy (non-hydrogen) atoms. The zero-order valence-electron chi connectivity index (χ0n) is 8.37. The average molecular weight is 339 g/mol. The van der Waals surface area contributed by atoms with Crippen LogP contribution in [0.1, 0.15) is 12.5 Å². The van der Waals surface area contributed by atoms with Gasteiger partial charge < -0.3 is 4.74 Å². The van der Waals surface area contributed by atoms with E-state index in [4.69, 9.17) is 16.3 Å². The number of rotatable bonds is 4. The Bertz CT molecular complexity index is 325. The van der Waals surface area contributed by atoms with Crippen LogP contribution in [0.5, 0.6) is 0 Å². The average Bonchev–Trinajstić information content (AvgIpc) is 2.27. The molecule has 0 aliphatic rings. The Hall–Kier alpha value is -0.290. The number of carbonyl (C=O) groups excluding carboxylic acids is 1. The van der Waals surface area contributed by atoms with E-state index in [9.17, 15) is 4.79 Å². The molecule has 0 radical (unpaired) electrons. The van der Waals surface area contributed by atoms with E-state index in [0.717, 1.165) is 5.56 Å². The van der Waals surface area contributed by atoms with Crippen molar-refractivity contribution in [3.8, 4) is 0 Å². The molecule has 0 N–H and O–H groups in total. The molecule has 1 aromatic rings. The number of hydrogen-bond acceptors (Lipinski definition) is 2. The summed E-state index contributed by atoms with van der Waals surface area (Å²) in [7, 11) is 0. The highest BCUT2D eigenvalue weighted by atomic mass is 127. The summed E-state index contributed by atoms with van der Waals surface area (Å²) in [5, 5.41) is 0. The van der Waals surface area contributed by atoms with Gasteiger partial charge in [0, 0.05) is 4.43 Å². The van der Waals surface area contributed by atoms with Crippen molar-refractivity contribution in [3.05, 3.63) is 35.9 Å². The second-order valence-corrected chi connectivity index (χ2v) is 4.99. The smallest absolute Gasteiger partial charge is 0.328 e. The summed E-state index contributed by atoms with van der Waals surface area (Å²) in [6.45, 7) is 1.94. The van der Waals surface area contributed by atoms with E-state index in [-0.39, 0.29) is 12.6 Å². The molecule has 0 saturated carbocycles. The Morgan fingerprint density at radius 1 is 1.47 bits per heavy atom. The molecule has 82 valence electrons. The minimum absolute atomic E-state index is 0.276. The Kier molecular flexibility index (Phi) is 4.86. The SMILES string of the molecule is CC(Cl)(CI)C(=O)OCc1ccccc1. The van der Waals surface area contributed by atoms with E-state index in [1.54, 1.807) is 6.92 Å². The van der Waals surface area contributed by atoms with E-state index in [1.165, 1.54) is 0 Å². The maximum absolute atomic E-state index is 11.5. The summed E-state index contributed by atoms with van der Waals surface area (Å²) >= 11 is 8.02. The van der Waals surface area contributed by atoms with Crippen LogP contribution in [-0.4, -0.2) is 15.3 Å². The summed E-state index contributed by atoms with van der Waals surface area (Å²) in [4.78, 5) is 10.6. The lowest BCUT2D eigenvalue weighted by Gasteiger charge is -2.16. The number of alkyl halides is 2. The molecular formula is C11H12ClIO2. The Balaban J connectivity index is 2.48. The molecule has 1 atom stereocenters. The van der Waals surface area contributed by atoms with Crippen molar-refractivity contribution in [1.29, 1.82) is 0 Å². The molecule has 2 nitrogen and oxygen atoms in total. The molecule has 0 aromatic heterocycles. The van der Waals surface area contributed by atoms with Crippen molar-refractivity contribution in [1.82, 2.24) is 0 Å². The second kappa shape index (κ2) is 5.70. The molecule has 0 fully saturated rings. The Morgan fingerprint density at radius 2 is 2.07 bits per heavy atom. The van der Waals surface area contributed by atoms with Gasteiger partial charge in [0.1, 0.15) is 11.5 Å². The van der Waals surface area contributed by atoms with Crippen LogP contribution in [0.4, 0.5) is 0 Å². The highest BCUT2D eigenvalue weighted by Crippen LogP contribution is 2.20. The monoisotopic (exact) mass is 338 g/mol. The molecule has 0 heterocycles. The lowest BCUT2D eigenvalue weighted by molar-refractivity contribution is -0.147. The number of esters is 1. The van der Waals surface area contributed by atoms with Crippen molar-refractivity contribution < 1.29 is 9.53 Å². The van der Waals surface area contributed by atoms with Crippen molar-refractivity contribution in [2.45, 2.75) is 18.4 Å². The first-order chi connectivity index (χ1) is 7.06. The van der Waals surface area contributed by atoms with Crippen LogP contribution in [0.15, 0.2) is 30.3 Å². The summed E-state index contributed by atoms with van der Waals surface area (Å²) in [6, 6.07) is 9.54. The normalized spacial score (nSPS) is 14.3. The van der Waals surface area contributed by atoms with E-state index in [2.05, 4.69) is 22.6 Å². The van der Waals surface area contributed by atoms with Crippen LogP contribution in [-0.2, 0) is 16.1 Å². The van der Waals surface area contributed by atoms with Gasteiger partial charge in [-0.05, 0) is 12.5 Å². The first-order valence-electron chi connectivity index (χ1n) is 4.52. The standard InChI is InChI=1S/C11H12ClIO2/c1-11(12,8-13)10(14)15-7-9-5-3-2-4-6-9/h2-6H,7-8H2,1H3. The van der Waals surface area contributed by atoms with Crippen molar-refractivity contribution >= 4 is 40.2 Å². The fourth-order valence-electron chi connectivity index (χ4n) is 0.928. The zero-order valence-corrected chi connectivity index (χ0v) is 11.3. The summed E-state index contributed by atoms with van der Waals surface area (Å²) in [5.41, 5.74) is 0.965. The van der Waals surface area contributed by atoms with Gasteiger partial charge in [0.15, 0.2) is 0 Å². The van der Waals surface area contributed by atoms with Crippen molar-refractivity contribution in [2.75, 3.05) is 4.43 Å². The van der Waals surface area contributed by atoms with Gasteiger partial charge in [-0.1, -0.05) is 52.9 Å². The molecule has 1 rings (SSSR count). The summed E-state index contributed by atoms with van der Waals surface area (Å²) < 4.78 is 5.64. The second-order valence-electron chi connectivity index (χ2n) is 3.39. The highest BCUT2D eigenvalue weighted by molar-refractivity contribution is 14.1. The third-order valence-electron chi connectivity index (χ3n) is 1.89. The van der Waals surface area contributed by atoms with E-state index >= 15 is 0 Å².